The van der Waals surface area contributed by atoms with Gasteiger partial charge in [0.15, 0.2) is 11.8 Å². The molecule has 0 aliphatic rings. The van der Waals surface area contributed by atoms with Crippen LogP contribution in [0.2, 0.25) is 0 Å². The molecule has 26 heavy (non-hydrogen) atoms. The van der Waals surface area contributed by atoms with Gasteiger partial charge in [-0.2, -0.15) is 8.78 Å². The summed E-state index contributed by atoms with van der Waals surface area (Å²) in [6.45, 7) is 4.76. The smallest absolute Gasteiger partial charge is 0.321 e. The Morgan fingerprint density at radius 1 is 1.19 bits per heavy atom. The summed E-state index contributed by atoms with van der Waals surface area (Å²) in [7, 11) is 0. The summed E-state index contributed by atoms with van der Waals surface area (Å²) < 4.78 is 29.5. The summed E-state index contributed by atoms with van der Waals surface area (Å²) in [5.41, 5.74) is 1.66. The van der Waals surface area contributed by atoms with Crippen LogP contribution in [0.3, 0.4) is 0 Å². The number of esters is 1. The van der Waals surface area contributed by atoms with Crippen molar-refractivity contribution < 1.29 is 27.9 Å². The van der Waals surface area contributed by atoms with Crippen LogP contribution >= 0.6 is 11.8 Å². The van der Waals surface area contributed by atoms with E-state index in [-0.39, 0.29) is 29.8 Å². The summed E-state index contributed by atoms with van der Waals surface area (Å²) in [6, 6.07) is -0.668. The van der Waals surface area contributed by atoms with Crippen molar-refractivity contribution in [3.63, 3.8) is 0 Å². The molecule has 1 rings (SSSR count). The second-order valence-corrected chi connectivity index (χ2v) is 6.06. The summed E-state index contributed by atoms with van der Waals surface area (Å²) in [5.74, 6) is -3.99. The molecule has 0 radical (unpaired) electrons. The molecule has 0 unspecified atom stereocenters. The second-order valence-electron chi connectivity index (χ2n) is 5.10. The predicted octanol–water partition coefficient (Wildman–Crippen LogP) is 1.73. The molecule has 0 fully saturated rings. The van der Waals surface area contributed by atoms with Gasteiger partial charge in [-0.3, -0.25) is 14.9 Å². The van der Waals surface area contributed by atoms with Gasteiger partial charge in [0.1, 0.15) is 0 Å². The molecule has 0 aliphatic carbocycles. The summed E-state index contributed by atoms with van der Waals surface area (Å²) >= 11 is 0.255. The lowest BCUT2D eigenvalue weighted by Crippen LogP contribution is -2.41. The number of hydrogen-bond donors (Lipinski definition) is 2. The van der Waals surface area contributed by atoms with E-state index in [9.17, 15) is 23.2 Å². The van der Waals surface area contributed by atoms with Crippen molar-refractivity contribution >= 4 is 29.7 Å². The first-order valence-electron chi connectivity index (χ1n) is 7.75. The molecular formula is C15H20F2N4O4S. The minimum absolute atomic E-state index is 0.0247. The van der Waals surface area contributed by atoms with Crippen molar-refractivity contribution in [2.24, 2.45) is 0 Å². The lowest BCUT2D eigenvalue weighted by molar-refractivity contribution is -0.148. The van der Waals surface area contributed by atoms with Gasteiger partial charge in [-0.25, -0.2) is 14.8 Å². The van der Waals surface area contributed by atoms with E-state index < -0.39 is 30.3 Å². The molecule has 1 aromatic rings. The average molecular weight is 390 g/mol. The van der Waals surface area contributed by atoms with Gasteiger partial charge in [-0.1, -0.05) is 0 Å². The molecule has 8 nitrogen and oxygen atoms in total. The zero-order chi connectivity index (χ0) is 19.7. The lowest BCUT2D eigenvalue weighted by atomic mass is 10.1. The van der Waals surface area contributed by atoms with E-state index in [0.29, 0.717) is 23.5 Å². The number of carbonyl (C=O) groups is 3. The molecule has 0 spiro atoms. The van der Waals surface area contributed by atoms with Gasteiger partial charge in [-0.15, -0.1) is 0 Å². The van der Waals surface area contributed by atoms with E-state index in [1.165, 1.54) is 0 Å². The van der Waals surface area contributed by atoms with Crippen LogP contribution in [0.25, 0.3) is 0 Å². The third-order valence-electron chi connectivity index (χ3n) is 3.13. The highest BCUT2D eigenvalue weighted by Crippen LogP contribution is 2.24. The van der Waals surface area contributed by atoms with Crippen LogP contribution in [0.5, 0.6) is 0 Å². The number of aryl methyl sites for hydroxylation is 2. The molecule has 0 atom stereocenters. The zero-order valence-corrected chi connectivity index (χ0v) is 15.4. The van der Waals surface area contributed by atoms with Crippen LogP contribution < -0.4 is 10.6 Å². The highest BCUT2D eigenvalue weighted by Gasteiger charge is 2.15. The van der Waals surface area contributed by atoms with Crippen LogP contribution in [0, 0.1) is 13.8 Å². The Kier molecular flexibility index (Phi) is 8.90. The number of halogens is 2. The highest BCUT2D eigenvalue weighted by molar-refractivity contribution is 7.99. The van der Waals surface area contributed by atoms with Crippen LogP contribution in [-0.4, -0.2) is 46.8 Å². The summed E-state index contributed by atoms with van der Waals surface area (Å²) in [4.78, 5) is 42.2. The summed E-state index contributed by atoms with van der Waals surface area (Å²) in [6.07, 6.45) is 0.203. The fraction of sp³-hybridized carbons (Fsp3) is 0.533. The van der Waals surface area contributed by atoms with Crippen molar-refractivity contribution in [3.05, 3.63) is 17.0 Å². The third-order valence-corrected chi connectivity index (χ3v) is 3.70. The van der Waals surface area contributed by atoms with Gasteiger partial charge in [0.2, 0.25) is 0 Å². The van der Waals surface area contributed by atoms with Gasteiger partial charge in [-0.05, 0) is 44.5 Å². The molecule has 11 heteroatoms. The maximum absolute atomic E-state index is 12.4. The van der Waals surface area contributed by atoms with Crippen LogP contribution in [0.4, 0.5) is 13.6 Å². The Balaban J connectivity index is 2.50. The number of imide groups is 1. The number of thioether (sulfide) groups is 1. The van der Waals surface area contributed by atoms with Crippen molar-refractivity contribution in [2.45, 2.75) is 44.5 Å². The fourth-order valence-electron chi connectivity index (χ4n) is 2.02. The maximum atomic E-state index is 12.4. The molecule has 0 aromatic carbocycles. The van der Waals surface area contributed by atoms with Gasteiger partial charge in [0, 0.05) is 24.4 Å². The Bertz CT molecular complexity index is 650. The number of urea groups is 1. The highest BCUT2D eigenvalue weighted by atomic mass is 32.2. The number of amides is 3. The van der Waals surface area contributed by atoms with E-state index in [1.807, 2.05) is 5.32 Å². The molecular weight excluding hydrogens is 370 g/mol. The summed E-state index contributed by atoms with van der Waals surface area (Å²) in [5, 5.41) is 4.34. The van der Waals surface area contributed by atoms with Gasteiger partial charge >= 0.3 is 12.0 Å². The zero-order valence-electron chi connectivity index (χ0n) is 14.6. The largest absolute Gasteiger partial charge is 0.456 e. The topological polar surface area (TPSA) is 110 Å². The molecule has 1 aromatic heterocycles. The number of nitrogens with zero attached hydrogens (tertiary/aromatic N) is 2. The first kappa shape index (κ1) is 21.7. The Labute approximate surface area is 153 Å². The SMILES string of the molecule is CCNC(=O)NC(=O)COC(=O)CCc1c(C)nc(SC(F)F)nc1C. The quantitative estimate of drug-likeness (QED) is 0.395. The Morgan fingerprint density at radius 2 is 1.81 bits per heavy atom. The van der Waals surface area contributed by atoms with E-state index in [0.717, 1.165) is 0 Å². The first-order chi connectivity index (χ1) is 12.2. The molecule has 0 saturated heterocycles. The van der Waals surface area contributed by atoms with Gasteiger partial charge in [0.25, 0.3) is 11.7 Å². The molecule has 2 N–H and O–H groups in total. The monoisotopic (exact) mass is 390 g/mol. The Hall–Kier alpha value is -2.30. The molecule has 144 valence electrons. The van der Waals surface area contributed by atoms with E-state index in [1.54, 1.807) is 20.8 Å². The number of rotatable bonds is 8. The molecule has 3 amide bonds. The number of hydrogen-bond acceptors (Lipinski definition) is 7. The minimum atomic E-state index is -2.61. The second kappa shape index (κ2) is 10.6. The number of aromatic nitrogens is 2. The predicted molar refractivity (Wildman–Crippen MR) is 89.9 cm³/mol. The molecule has 0 aliphatic heterocycles. The number of carbonyl (C=O) groups excluding carboxylic acids is 3. The lowest BCUT2D eigenvalue weighted by Gasteiger charge is -2.10. The van der Waals surface area contributed by atoms with Crippen LogP contribution in [0.1, 0.15) is 30.3 Å². The van der Waals surface area contributed by atoms with E-state index >= 15 is 0 Å². The number of nitrogens with one attached hydrogen (secondary N) is 2. The van der Waals surface area contributed by atoms with Crippen molar-refractivity contribution in [1.82, 2.24) is 20.6 Å². The molecule has 0 bridgehead atoms. The van der Waals surface area contributed by atoms with Crippen molar-refractivity contribution in [3.8, 4) is 0 Å². The van der Waals surface area contributed by atoms with Crippen molar-refractivity contribution in [2.75, 3.05) is 13.2 Å². The normalized spacial score (nSPS) is 10.5. The van der Waals surface area contributed by atoms with Gasteiger partial charge < -0.3 is 10.1 Å². The number of ether oxygens (including phenoxy) is 1. The number of alkyl halides is 2. The van der Waals surface area contributed by atoms with E-state index in [2.05, 4.69) is 15.3 Å². The fourth-order valence-corrected chi connectivity index (χ4v) is 2.55. The molecule has 0 saturated carbocycles. The molecule has 1 heterocycles. The van der Waals surface area contributed by atoms with Crippen LogP contribution in [-0.2, 0) is 20.7 Å². The first-order valence-corrected chi connectivity index (χ1v) is 8.63. The van der Waals surface area contributed by atoms with Crippen LogP contribution in [0.15, 0.2) is 5.16 Å². The van der Waals surface area contributed by atoms with Crippen molar-refractivity contribution in [1.29, 1.82) is 0 Å². The average Bonchev–Trinajstić information content (AvgIpc) is 2.51. The van der Waals surface area contributed by atoms with Gasteiger partial charge in [0.05, 0.1) is 0 Å². The standard InChI is InChI=1S/C15H20F2N4O4S/c1-4-18-14(24)21-11(22)7-25-12(23)6-5-10-8(2)19-15(20-9(10)3)26-13(16)17/h13H,4-7H2,1-3H3,(H2,18,21,22,24). The van der Waals surface area contributed by atoms with E-state index in [4.69, 9.17) is 4.74 Å². The minimum Gasteiger partial charge on any atom is -0.456 e. The Morgan fingerprint density at radius 3 is 2.35 bits per heavy atom. The maximum Gasteiger partial charge on any atom is 0.321 e. The third kappa shape index (κ3) is 7.72.